The smallest absolute Gasteiger partial charge is 0.294 e. The van der Waals surface area contributed by atoms with E-state index in [1.807, 2.05) is 50.2 Å². The van der Waals surface area contributed by atoms with Crippen molar-refractivity contribution >= 4 is 75.9 Å². The Morgan fingerprint density at radius 1 is 0.517 bits per heavy atom. The number of fused-ring (bicyclic) bond motifs is 2. The van der Waals surface area contributed by atoms with Gasteiger partial charge in [-0.15, -0.1) is 0 Å². The van der Waals surface area contributed by atoms with Crippen molar-refractivity contribution in [2.45, 2.75) is 36.7 Å². The average molecular weight is 815 g/mol. The highest BCUT2D eigenvalue weighted by Gasteiger charge is 2.12. The van der Waals surface area contributed by atoms with Gasteiger partial charge in [0.2, 0.25) is 0 Å². The van der Waals surface area contributed by atoms with Crippen molar-refractivity contribution in [3.63, 3.8) is 0 Å². The molecule has 0 fully saturated rings. The van der Waals surface area contributed by atoms with Gasteiger partial charge in [0.15, 0.2) is 0 Å². The first-order valence-electron chi connectivity index (χ1n) is 18.3. The molecule has 0 saturated heterocycles. The number of anilines is 4. The molecule has 0 radical (unpaired) electrons. The van der Waals surface area contributed by atoms with Crippen LogP contribution in [0.4, 0.5) is 34.1 Å². The van der Waals surface area contributed by atoms with Gasteiger partial charge in [-0.1, -0.05) is 48.5 Å². The summed E-state index contributed by atoms with van der Waals surface area (Å²) in [4.78, 5) is 4.11. The van der Waals surface area contributed by atoms with Crippen LogP contribution in [0.5, 0.6) is 0 Å². The van der Waals surface area contributed by atoms with Crippen LogP contribution in [0.3, 0.4) is 0 Å². The molecule has 0 aliphatic heterocycles. The molecule has 4 N–H and O–H groups in total. The molecule has 12 nitrogen and oxygen atoms in total. The number of nitrogens with one attached hydrogen (secondary N) is 2. The first-order chi connectivity index (χ1) is 27.6. The normalized spacial score (nSPS) is 12.0. The van der Waals surface area contributed by atoms with Crippen LogP contribution < -0.4 is 20.7 Å². The fourth-order valence-corrected chi connectivity index (χ4v) is 7.67. The molecule has 7 rings (SSSR count). The van der Waals surface area contributed by atoms with E-state index in [2.05, 4.69) is 87.4 Å². The summed E-state index contributed by atoms with van der Waals surface area (Å²) in [6.07, 6.45) is 0. The zero-order valence-corrected chi connectivity index (χ0v) is 33.9. The fraction of sp³-hybridized carbons (Fsp3) is 0.136. The van der Waals surface area contributed by atoms with E-state index in [1.165, 1.54) is 35.4 Å². The van der Waals surface area contributed by atoms with Gasteiger partial charge in [-0.2, -0.15) is 27.1 Å². The van der Waals surface area contributed by atoms with E-state index in [4.69, 9.17) is 0 Å². The predicted molar refractivity (Wildman–Crippen MR) is 232 cm³/mol. The molecular weight excluding hydrogens is 773 g/mol. The van der Waals surface area contributed by atoms with Crippen molar-refractivity contribution in [1.82, 2.24) is 0 Å². The van der Waals surface area contributed by atoms with Crippen LogP contribution in [0.1, 0.15) is 22.3 Å². The van der Waals surface area contributed by atoms with Crippen molar-refractivity contribution in [3.8, 4) is 0 Å². The molecular formula is C44H42N6O6S2. The van der Waals surface area contributed by atoms with Crippen LogP contribution >= 0.6 is 0 Å². The monoisotopic (exact) mass is 814 g/mol. The van der Waals surface area contributed by atoms with Crippen LogP contribution in [0.2, 0.25) is 0 Å². The molecule has 58 heavy (non-hydrogen) atoms. The van der Waals surface area contributed by atoms with E-state index in [9.17, 15) is 25.9 Å². The summed E-state index contributed by atoms with van der Waals surface area (Å²) in [5, 5.41) is 11.9. The van der Waals surface area contributed by atoms with Gasteiger partial charge >= 0.3 is 0 Å². The highest BCUT2D eigenvalue weighted by Crippen LogP contribution is 2.30. The number of hydrogen-bond acceptors (Lipinski definition) is 10. The van der Waals surface area contributed by atoms with Gasteiger partial charge in [0.1, 0.15) is 0 Å². The van der Waals surface area contributed by atoms with Crippen molar-refractivity contribution in [1.29, 1.82) is 0 Å². The maximum atomic E-state index is 11.5. The number of hydrogen-bond donors (Lipinski definition) is 4. The van der Waals surface area contributed by atoms with Gasteiger partial charge in [0, 0.05) is 38.6 Å². The second kappa shape index (κ2) is 16.3. The minimum absolute atomic E-state index is 0.135. The van der Waals surface area contributed by atoms with Gasteiger partial charge in [0.25, 0.3) is 20.2 Å². The summed E-state index contributed by atoms with van der Waals surface area (Å²) in [6.45, 7) is 5.51. The van der Waals surface area contributed by atoms with Crippen LogP contribution in [0.15, 0.2) is 153 Å². The molecule has 7 aromatic carbocycles. The number of azo groups is 1. The van der Waals surface area contributed by atoms with Gasteiger partial charge < -0.3 is 20.7 Å². The molecule has 0 unspecified atom stereocenters. The number of hydrazine groups is 1. The molecule has 296 valence electrons. The first-order valence-corrected chi connectivity index (χ1v) is 21.1. The molecule has 0 amide bonds. The topological polar surface area (TPSA) is 164 Å². The predicted octanol–water partition coefficient (Wildman–Crippen LogP) is 10.2. The molecule has 0 saturated carbocycles. The van der Waals surface area contributed by atoms with Gasteiger partial charge in [0.05, 0.1) is 32.5 Å². The summed E-state index contributed by atoms with van der Waals surface area (Å²) < 4.78 is 64.6. The summed E-state index contributed by atoms with van der Waals surface area (Å²) in [5.74, 6) is 0. The maximum absolute atomic E-state index is 11.5. The Kier molecular flexibility index (Phi) is 11.2. The second-order valence-corrected chi connectivity index (χ2v) is 17.2. The van der Waals surface area contributed by atoms with Crippen LogP contribution in [-0.4, -0.2) is 40.0 Å². The van der Waals surface area contributed by atoms with Crippen molar-refractivity contribution in [2.24, 2.45) is 10.2 Å². The molecule has 0 aromatic heterocycles. The Hall–Kier alpha value is -6.32. The lowest BCUT2D eigenvalue weighted by molar-refractivity contribution is 0.481. The van der Waals surface area contributed by atoms with E-state index >= 15 is 0 Å². The molecule has 7 aromatic rings. The summed E-state index contributed by atoms with van der Waals surface area (Å²) in [6, 6.07) is 40.7. The minimum atomic E-state index is -4.27. The summed E-state index contributed by atoms with van der Waals surface area (Å²) in [7, 11) is -4.41. The standard InChI is InChI=1S/C44H42N6O6S2/c1-29-21-39(15-19-43(29)47-45-37-13-9-35-25-41(57(51,52)53)17-11-33(35)23-37)49(3)27-31-5-7-32(8-6-31)28-50(4)40-16-20-44(30(2)22-40)48-46-38-14-10-36-26-42(58(54,55)56)18-12-34(36)24-38/h5-26,45,47H,27-28H2,1-4H3,(H,51,52,53)(H,54,55,56). The van der Waals surface area contributed by atoms with Crippen molar-refractivity contribution < 1.29 is 25.9 Å². The summed E-state index contributed by atoms with van der Waals surface area (Å²) >= 11 is 0. The van der Waals surface area contributed by atoms with Gasteiger partial charge in [-0.25, -0.2) is 0 Å². The molecule has 0 heterocycles. The van der Waals surface area contributed by atoms with Crippen LogP contribution in [0.25, 0.3) is 21.5 Å². The van der Waals surface area contributed by atoms with E-state index in [-0.39, 0.29) is 9.79 Å². The molecule has 0 spiro atoms. The number of rotatable bonds is 13. The lowest BCUT2D eigenvalue weighted by Crippen LogP contribution is -2.18. The van der Waals surface area contributed by atoms with E-state index in [0.717, 1.165) is 63.4 Å². The lowest BCUT2D eigenvalue weighted by Gasteiger charge is -2.22. The third-order valence-corrected chi connectivity index (χ3v) is 11.7. The number of nitrogens with zero attached hydrogens (tertiary/aromatic N) is 4. The molecule has 0 atom stereocenters. The highest BCUT2D eigenvalue weighted by molar-refractivity contribution is 7.86. The maximum Gasteiger partial charge on any atom is 0.294 e. The third kappa shape index (κ3) is 9.44. The zero-order chi connectivity index (χ0) is 41.2. The molecule has 0 bridgehead atoms. The Balaban J connectivity index is 0.918. The van der Waals surface area contributed by atoms with E-state index < -0.39 is 20.2 Å². The largest absolute Gasteiger partial charge is 0.370 e. The Labute approximate surface area is 338 Å². The number of benzene rings is 7. The van der Waals surface area contributed by atoms with Gasteiger partial charge in [-0.3, -0.25) is 9.11 Å². The SMILES string of the molecule is Cc1cc(N(C)Cc2ccc(CN(C)c3ccc(NNc4ccc5cc(S(=O)(=O)O)ccc5c4)c(C)c3)cc2)ccc1N=Nc1ccc2cc(S(=O)(=O)O)ccc2c1. The quantitative estimate of drug-likeness (QED) is 0.0500. The fourth-order valence-electron chi connectivity index (χ4n) is 6.64. The Morgan fingerprint density at radius 2 is 1.02 bits per heavy atom. The van der Waals surface area contributed by atoms with E-state index in [0.29, 0.717) is 16.5 Å². The van der Waals surface area contributed by atoms with Crippen molar-refractivity contribution in [2.75, 3.05) is 34.7 Å². The zero-order valence-electron chi connectivity index (χ0n) is 32.2. The van der Waals surface area contributed by atoms with Gasteiger partial charge in [-0.05, 0) is 143 Å². The summed E-state index contributed by atoms with van der Waals surface area (Å²) in [5.41, 5.74) is 16.1. The molecule has 0 aliphatic rings. The van der Waals surface area contributed by atoms with Crippen LogP contribution in [-0.2, 0) is 33.3 Å². The molecule has 14 heteroatoms. The van der Waals surface area contributed by atoms with E-state index in [1.54, 1.807) is 30.3 Å². The second-order valence-electron chi connectivity index (χ2n) is 14.3. The molecule has 0 aliphatic carbocycles. The highest BCUT2D eigenvalue weighted by atomic mass is 32.2. The number of aryl methyl sites for hydroxylation is 2. The Bertz CT molecular complexity index is 2920. The average Bonchev–Trinajstić information content (AvgIpc) is 3.19. The van der Waals surface area contributed by atoms with Crippen molar-refractivity contribution in [3.05, 3.63) is 156 Å². The van der Waals surface area contributed by atoms with Crippen LogP contribution in [0, 0.1) is 13.8 Å². The third-order valence-electron chi connectivity index (χ3n) is 9.95. The minimum Gasteiger partial charge on any atom is -0.370 e. The Morgan fingerprint density at radius 3 is 1.57 bits per heavy atom. The lowest BCUT2D eigenvalue weighted by atomic mass is 10.1. The first kappa shape index (κ1) is 39.9.